The molecule has 3 nitrogen and oxygen atoms in total. The molecule has 18 heavy (non-hydrogen) atoms. The summed E-state index contributed by atoms with van der Waals surface area (Å²) in [5, 5.41) is 3.37. The van der Waals surface area contributed by atoms with Crippen molar-refractivity contribution in [3.8, 4) is 0 Å². The first-order chi connectivity index (χ1) is 8.48. The summed E-state index contributed by atoms with van der Waals surface area (Å²) >= 11 is 0. The van der Waals surface area contributed by atoms with Gasteiger partial charge >= 0.3 is 0 Å². The molecule has 1 unspecified atom stereocenters. The summed E-state index contributed by atoms with van der Waals surface area (Å²) in [4.78, 5) is 0.406. The van der Waals surface area contributed by atoms with E-state index in [-0.39, 0.29) is 0 Å². The number of rotatable bonds is 3. The Bertz CT molecular complexity index is 487. The predicted octanol–water partition coefficient (Wildman–Crippen LogP) is 2.19. The van der Waals surface area contributed by atoms with E-state index in [0.29, 0.717) is 16.7 Å². The molecule has 1 aliphatic heterocycles. The van der Waals surface area contributed by atoms with Gasteiger partial charge in [0.15, 0.2) is 9.84 Å². The van der Waals surface area contributed by atoms with Crippen molar-refractivity contribution >= 4 is 9.84 Å². The van der Waals surface area contributed by atoms with Gasteiger partial charge in [0.25, 0.3) is 0 Å². The lowest BCUT2D eigenvalue weighted by Crippen LogP contribution is -2.30. The van der Waals surface area contributed by atoms with Crippen LogP contribution in [0.5, 0.6) is 0 Å². The van der Waals surface area contributed by atoms with Crippen molar-refractivity contribution in [3.63, 3.8) is 0 Å². The normalized spacial score (nSPS) is 19.7. The third kappa shape index (κ3) is 3.12. The zero-order valence-corrected chi connectivity index (χ0v) is 11.8. The van der Waals surface area contributed by atoms with Crippen LogP contribution in [-0.2, 0) is 9.84 Å². The molecule has 1 aromatic carbocycles. The third-order valence-corrected chi connectivity index (χ3v) is 5.05. The SMILES string of the molecule is CC(c1ccc(S(C)(=O)=O)cc1)C1CCNCC1. The van der Waals surface area contributed by atoms with E-state index < -0.39 is 9.84 Å². The van der Waals surface area contributed by atoms with Gasteiger partial charge in [-0.1, -0.05) is 19.1 Å². The van der Waals surface area contributed by atoms with Crippen LogP contribution in [0.3, 0.4) is 0 Å². The summed E-state index contributed by atoms with van der Waals surface area (Å²) < 4.78 is 22.8. The van der Waals surface area contributed by atoms with E-state index in [9.17, 15) is 8.42 Å². The molecule has 1 aromatic rings. The molecule has 0 aliphatic carbocycles. The Kier molecular flexibility index (Phi) is 4.07. The van der Waals surface area contributed by atoms with Gasteiger partial charge in [0, 0.05) is 6.26 Å². The van der Waals surface area contributed by atoms with Gasteiger partial charge in [-0.15, -0.1) is 0 Å². The molecule has 1 atom stereocenters. The Morgan fingerprint density at radius 2 is 1.72 bits per heavy atom. The van der Waals surface area contributed by atoms with Gasteiger partial charge in [0.2, 0.25) is 0 Å². The highest BCUT2D eigenvalue weighted by molar-refractivity contribution is 7.90. The topological polar surface area (TPSA) is 46.2 Å². The molecule has 4 heteroatoms. The third-order valence-electron chi connectivity index (χ3n) is 3.92. The number of nitrogens with one attached hydrogen (secondary N) is 1. The highest BCUT2D eigenvalue weighted by Gasteiger charge is 2.21. The Hall–Kier alpha value is -0.870. The second-order valence-electron chi connectivity index (χ2n) is 5.22. The van der Waals surface area contributed by atoms with Crippen molar-refractivity contribution in [1.29, 1.82) is 0 Å². The van der Waals surface area contributed by atoms with E-state index >= 15 is 0 Å². The fourth-order valence-electron chi connectivity index (χ4n) is 2.64. The molecular formula is C14H21NO2S. The molecule has 100 valence electrons. The quantitative estimate of drug-likeness (QED) is 0.913. The number of hydrogen-bond donors (Lipinski definition) is 1. The largest absolute Gasteiger partial charge is 0.317 e. The first-order valence-corrected chi connectivity index (χ1v) is 8.38. The summed E-state index contributed by atoms with van der Waals surface area (Å²) in [6.07, 6.45) is 3.65. The van der Waals surface area contributed by atoms with Crippen molar-refractivity contribution in [2.75, 3.05) is 19.3 Å². The highest BCUT2D eigenvalue weighted by Crippen LogP contribution is 2.30. The average Bonchev–Trinajstić information content (AvgIpc) is 2.38. The lowest BCUT2D eigenvalue weighted by molar-refractivity contribution is 0.330. The zero-order valence-electron chi connectivity index (χ0n) is 11.0. The van der Waals surface area contributed by atoms with Gasteiger partial charge in [-0.2, -0.15) is 0 Å². The highest BCUT2D eigenvalue weighted by atomic mass is 32.2. The minimum absolute atomic E-state index is 0.406. The van der Waals surface area contributed by atoms with Gasteiger partial charge in [-0.3, -0.25) is 0 Å². The van der Waals surface area contributed by atoms with Crippen molar-refractivity contribution in [1.82, 2.24) is 5.32 Å². The fourth-order valence-corrected chi connectivity index (χ4v) is 3.27. The van der Waals surface area contributed by atoms with Crippen LogP contribution in [0, 0.1) is 5.92 Å². The molecule has 0 radical (unpaired) electrons. The van der Waals surface area contributed by atoms with Crippen LogP contribution in [0.1, 0.15) is 31.2 Å². The molecular weight excluding hydrogens is 246 g/mol. The smallest absolute Gasteiger partial charge is 0.175 e. The van der Waals surface area contributed by atoms with Crippen molar-refractivity contribution in [3.05, 3.63) is 29.8 Å². The minimum Gasteiger partial charge on any atom is -0.317 e. The summed E-state index contributed by atoms with van der Waals surface area (Å²) in [6, 6.07) is 7.37. The Morgan fingerprint density at radius 1 is 1.17 bits per heavy atom. The minimum atomic E-state index is -3.08. The predicted molar refractivity (Wildman–Crippen MR) is 73.6 cm³/mol. The molecule has 2 rings (SSSR count). The Morgan fingerprint density at radius 3 is 2.22 bits per heavy atom. The van der Waals surface area contributed by atoms with E-state index in [1.807, 2.05) is 12.1 Å². The van der Waals surface area contributed by atoms with Crippen LogP contribution in [-0.4, -0.2) is 27.8 Å². The van der Waals surface area contributed by atoms with Crippen molar-refractivity contribution < 1.29 is 8.42 Å². The molecule has 1 N–H and O–H groups in total. The first-order valence-electron chi connectivity index (χ1n) is 6.49. The molecule has 0 bridgehead atoms. The summed E-state index contributed by atoms with van der Waals surface area (Å²) in [5.74, 6) is 1.20. The molecule has 1 heterocycles. The second-order valence-corrected chi connectivity index (χ2v) is 7.23. The molecule has 1 fully saturated rings. The summed E-state index contributed by atoms with van der Waals surface area (Å²) in [7, 11) is -3.08. The van der Waals surface area contributed by atoms with Crippen molar-refractivity contribution in [2.24, 2.45) is 5.92 Å². The monoisotopic (exact) mass is 267 g/mol. The van der Waals surface area contributed by atoms with E-state index in [1.165, 1.54) is 24.7 Å². The Labute approximate surface area is 110 Å². The maximum absolute atomic E-state index is 11.4. The van der Waals surface area contributed by atoms with Crippen LogP contribution in [0.2, 0.25) is 0 Å². The van der Waals surface area contributed by atoms with Gasteiger partial charge in [-0.25, -0.2) is 8.42 Å². The van der Waals surface area contributed by atoms with Crippen LogP contribution in [0.15, 0.2) is 29.2 Å². The van der Waals surface area contributed by atoms with Gasteiger partial charge in [0.05, 0.1) is 4.90 Å². The number of piperidine rings is 1. The fraction of sp³-hybridized carbons (Fsp3) is 0.571. The first kappa shape index (κ1) is 13.6. The van der Waals surface area contributed by atoms with Gasteiger partial charge in [0.1, 0.15) is 0 Å². The lowest BCUT2D eigenvalue weighted by Gasteiger charge is -2.28. The second kappa shape index (κ2) is 5.41. The summed E-state index contributed by atoms with van der Waals surface area (Å²) in [5.41, 5.74) is 1.24. The maximum Gasteiger partial charge on any atom is 0.175 e. The average molecular weight is 267 g/mol. The van der Waals surface area contributed by atoms with Crippen LogP contribution >= 0.6 is 0 Å². The Balaban J connectivity index is 2.13. The molecule has 1 aliphatic rings. The van der Waals surface area contributed by atoms with Crippen molar-refractivity contribution in [2.45, 2.75) is 30.6 Å². The maximum atomic E-state index is 11.4. The zero-order chi connectivity index (χ0) is 13.2. The molecule has 0 spiro atoms. The van der Waals surface area contributed by atoms with E-state index in [4.69, 9.17) is 0 Å². The van der Waals surface area contributed by atoms with E-state index in [2.05, 4.69) is 12.2 Å². The van der Waals surface area contributed by atoms with Crippen LogP contribution in [0.4, 0.5) is 0 Å². The number of hydrogen-bond acceptors (Lipinski definition) is 3. The van der Waals surface area contributed by atoms with Crippen LogP contribution in [0.25, 0.3) is 0 Å². The van der Waals surface area contributed by atoms with E-state index in [1.54, 1.807) is 12.1 Å². The standard InChI is InChI=1S/C14H21NO2S/c1-11(13-7-9-15-10-8-13)12-3-5-14(6-4-12)18(2,16)17/h3-6,11,13,15H,7-10H2,1-2H3. The molecule has 0 saturated carbocycles. The lowest BCUT2D eigenvalue weighted by atomic mass is 9.82. The summed E-state index contributed by atoms with van der Waals surface area (Å²) in [6.45, 7) is 4.43. The number of sulfone groups is 1. The molecule has 0 aromatic heterocycles. The molecule has 1 saturated heterocycles. The molecule has 0 amide bonds. The van der Waals surface area contributed by atoms with E-state index in [0.717, 1.165) is 13.1 Å². The van der Waals surface area contributed by atoms with Gasteiger partial charge < -0.3 is 5.32 Å². The van der Waals surface area contributed by atoms with Crippen LogP contribution < -0.4 is 5.32 Å². The number of benzene rings is 1. The van der Waals surface area contributed by atoms with Gasteiger partial charge in [-0.05, 0) is 55.5 Å².